The van der Waals surface area contributed by atoms with Gasteiger partial charge in [-0.3, -0.25) is 0 Å². The molecule has 3 rings (SSSR count). The summed E-state index contributed by atoms with van der Waals surface area (Å²) in [5.41, 5.74) is 0.892. The standard InChI is InChI=1S/C15H13ClN2O/c16-14-4-3-11-7-13(2-1-12(11)8-14)15(19)9-18-6-5-17-10-18/h1-8,10,15,19H,9H2. The molecule has 0 saturated carbocycles. The first kappa shape index (κ1) is 12.2. The molecule has 4 heteroatoms. The minimum absolute atomic E-state index is 0.499. The SMILES string of the molecule is OC(Cn1ccnc1)c1ccc2cc(Cl)ccc2c1. The van der Waals surface area contributed by atoms with E-state index >= 15 is 0 Å². The zero-order chi connectivity index (χ0) is 13.2. The summed E-state index contributed by atoms with van der Waals surface area (Å²) in [7, 11) is 0. The van der Waals surface area contributed by atoms with Gasteiger partial charge in [0.05, 0.1) is 19.0 Å². The van der Waals surface area contributed by atoms with Crippen LogP contribution < -0.4 is 0 Å². The van der Waals surface area contributed by atoms with Crippen molar-refractivity contribution in [3.8, 4) is 0 Å². The lowest BCUT2D eigenvalue weighted by molar-refractivity contribution is 0.156. The number of nitrogens with zero attached hydrogens (tertiary/aromatic N) is 2. The van der Waals surface area contributed by atoms with Gasteiger partial charge in [0.15, 0.2) is 0 Å². The Bertz CT molecular complexity index is 694. The highest BCUT2D eigenvalue weighted by molar-refractivity contribution is 6.31. The lowest BCUT2D eigenvalue weighted by atomic mass is 10.0. The minimum atomic E-state index is -0.547. The molecule has 3 nitrogen and oxygen atoms in total. The minimum Gasteiger partial charge on any atom is -0.387 e. The van der Waals surface area contributed by atoms with Gasteiger partial charge in [-0.25, -0.2) is 4.98 Å². The van der Waals surface area contributed by atoms with Gasteiger partial charge in [-0.1, -0.05) is 29.8 Å². The average Bonchev–Trinajstić information content (AvgIpc) is 2.91. The Labute approximate surface area is 116 Å². The number of rotatable bonds is 3. The molecule has 0 saturated heterocycles. The predicted molar refractivity (Wildman–Crippen MR) is 76.1 cm³/mol. The fourth-order valence-electron chi connectivity index (χ4n) is 2.14. The summed E-state index contributed by atoms with van der Waals surface area (Å²) in [5.74, 6) is 0. The smallest absolute Gasteiger partial charge is 0.0969 e. The van der Waals surface area contributed by atoms with Gasteiger partial charge in [-0.15, -0.1) is 0 Å². The van der Waals surface area contributed by atoms with E-state index in [2.05, 4.69) is 4.98 Å². The van der Waals surface area contributed by atoms with Crippen LogP contribution in [-0.2, 0) is 6.54 Å². The number of aliphatic hydroxyl groups is 1. The van der Waals surface area contributed by atoms with E-state index in [0.29, 0.717) is 6.54 Å². The first-order valence-corrected chi connectivity index (χ1v) is 6.43. The maximum absolute atomic E-state index is 10.2. The molecule has 0 aliphatic heterocycles. The molecule has 96 valence electrons. The Balaban J connectivity index is 1.90. The van der Waals surface area contributed by atoms with Gasteiger partial charge in [0.1, 0.15) is 0 Å². The topological polar surface area (TPSA) is 38.0 Å². The quantitative estimate of drug-likeness (QED) is 0.793. The molecule has 0 amide bonds. The first-order valence-electron chi connectivity index (χ1n) is 6.05. The molecule has 0 radical (unpaired) electrons. The van der Waals surface area contributed by atoms with Gasteiger partial charge < -0.3 is 9.67 Å². The highest BCUT2D eigenvalue weighted by Gasteiger charge is 2.09. The second-order valence-electron chi connectivity index (χ2n) is 4.53. The van der Waals surface area contributed by atoms with Crippen molar-refractivity contribution in [1.82, 2.24) is 9.55 Å². The third-order valence-corrected chi connectivity index (χ3v) is 3.39. The molecule has 1 atom stereocenters. The molecule has 1 N–H and O–H groups in total. The van der Waals surface area contributed by atoms with Crippen LogP contribution in [0.4, 0.5) is 0 Å². The van der Waals surface area contributed by atoms with Gasteiger partial charge in [0.2, 0.25) is 0 Å². The van der Waals surface area contributed by atoms with Gasteiger partial charge in [-0.2, -0.15) is 0 Å². The zero-order valence-corrected chi connectivity index (χ0v) is 11.0. The van der Waals surface area contributed by atoms with E-state index in [9.17, 15) is 5.11 Å². The van der Waals surface area contributed by atoms with Crippen molar-refractivity contribution in [2.24, 2.45) is 0 Å². The molecule has 0 aliphatic rings. The van der Waals surface area contributed by atoms with Crippen LogP contribution in [0.5, 0.6) is 0 Å². The number of benzene rings is 2. The zero-order valence-electron chi connectivity index (χ0n) is 10.2. The maximum atomic E-state index is 10.2. The molecule has 0 fully saturated rings. The van der Waals surface area contributed by atoms with Gasteiger partial charge in [-0.05, 0) is 34.5 Å². The van der Waals surface area contributed by atoms with E-state index in [1.54, 1.807) is 12.5 Å². The van der Waals surface area contributed by atoms with E-state index < -0.39 is 6.10 Å². The van der Waals surface area contributed by atoms with Crippen molar-refractivity contribution in [3.05, 3.63) is 65.7 Å². The monoisotopic (exact) mass is 272 g/mol. The summed E-state index contributed by atoms with van der Waals surface area (Å²) in [5, 5.41) is 13.1. The van der Waals surface area contributed by atoms with E-state index in [-0.39, 0.29) is 0 Å². The number of aromatic nitrogens is 2. The number of imidazole rings is 1. The van der Waals surface area contributed by atoms with Gasteiger partial charge in [0, 0.05) is 17.4 Å². The lowest BCUT2D eigenvalue weighted by Crippen LogP contribution is -2.06. The Kier molecular flexibility index (Phi) is 3.23. The van der Waals surface area contributed by atoms with E-state index in [1.807, 2.05) is 47.2 Å². The predicted octanol–water partition coefficient (Wildman–Crippen LogP) is 3.42. The normalized spacial score (nSPS) is 12.7. The van der Waals surface area contributed by atoms with Crippen LogP contribution >= 0.6 is 11.6 Å². The van der Waals surface area contributed by atoms with Gasteiger partial charge >= 0.3 is 0 Å². The Morgan fingerprint density at radius 3 is 2.74 bits per heavy atom. The van der Waals surface area contributed by atoms with Crippen molar-refractivity contribution in [2.45, 2.75) is 12.6 Å². The maximum Gasteiger partial charge on any atom is 0.0969 e. The summed E-state index contributed by atoms with van der Waals surface area (Å²) < 4.78 is 1.86. The summed E-state index contributed by atoms with van der Waals surface area (Å²) in [6.07, 6.45) is 4.69. The third-order valence-electron chi connectivity index (χ3n) is 3.15. The molecule has 1 unspecified atom stereocenters. The van der Waals surface area contributed by atoms with Crippen LogP contribution in [0.15, 0.2) is 55.1 Å². The van der Waals surface area contributed by atoms with Crippen molar-refractivity contribution in [3.63, 3.8) is 0 Å². The van der Waals surface area contributed by atoms with E-state index in [4.69, 9.17) is 11.6 Å². The molecule has 2 aromatic carbocycles. The van der Waals surface area contributed by atoms with Crippen LogP contribution in [0, 0.1) is 0 Å². The molecule has 0 aliphatic carbocycles. The molecule has 0 bridgehead atoms. The first-order chi connectivity index (χ1) is 9.22. The number of aliphatic hydroxyl groups excluding tert-OH is 1. The molecular weight excluding hydrogens is 260 g/mol. The van der Waals surface area contributed by atoms with E-state index in [0.717, 1.165) is 21.4 Å². The van der Waals surface area contributed by atoms with Crippen molar-refractivity contribution in [1.29, 1.82) is 0 Å². The summed E-state index contributed by atoms with van der Waals surface area (Å²) in [6, 6.07) is 11.6. The van der Waals surface area contributed by atoms with Gasteiger partial charge in [0.25, 0.3) is 0 Å². The summed E-state index contributed by atoms with van der Waals surface area (Å²) in [6.45, 7) is 0.499. The molecule has 3 aromatic rings. The Morgan fingerprint density at radius 1 is 1.16 bits per heavy atom. The fraction of sp³-hybridized carbons (Fsp3) is 0.133. The van der Waals surface area contributed by atoms with Crippen molar-refractivity contribution in [2.75, 3.05) is 0 Å². The molecule has 0 spiro atoms. The van der Waals surface area contributed by atoms with Crippen LogP contribution in [0.25, 0.3) is 10.8 Å². The van der Waals surface area contributed by atoms with E-state index in [1.165, 1.54) is 0 Å². The second kappa shape index (κ2) is 5.03. The number of hydrogen-bond donors (Lipinski definition) is 1. The average molecular weight is 273 g/mol. The highest BCUT2D eigenvalue weighted by atomic mass is 35.5. The summed E-state index contributed by atoms with van der Waals surface area (Å²) in [4.78, 5) is 3.97. The highest BCUT2D eigenvalue weighted by Crippen LogP contribution is 2.24. The number of hydrogen-bond acceptors (Lipinski definition) is 2. The molecule has 1 heterocycles. The van der Waals surface area contributed by atoms with Crippen LogP contribution in [0.1, 0.15) is 11.7 Å². The summed E-state index contributed by atoms with van der Waals surface area (Å²) >= 11 is 5.96. The Morgan fingerprint density at radius 2 is 1.95 bits per heavy atom. The lowest BCUT2D eigenvalue weighted by Gasteiger charge is -2.12. The van der Waals surface area contributed by atoms with Crippen molar-refractivity contribution >= 4 is 22.4 Å². The second-order valence-corrected chi connectivity index (χ2v) is 4.96. The molecule has 19 heavy (non-hydrogen) atoms. The Hall–Kier alpha value is -1.84. The third kappa shape index (κ3) is 2.62. The fourth-order valence-corrected chi connectivity index (χ4v) is 2.32. The van der Waals surface area contributed by atoms with Crippen LogP contribution in [0.2, 0.25) is 5.02 Å². The number of fused-ring (bicyclic) bond motifs is 1. The van der Waals surface area contributed by atoms with Crippen LogP contribution in [0.3, 0.4) is 0 Å². The molecule has 1 aromatic heterocycles. The van der Waals surface area contributed by atoms with Crippen molar-refractivity contribution < 1.29 is 5.11 Å². The molecular formula is C15H13ClN2O. The largest absolute Gasteiger partial charge is 0.387 e. The number of halogens is 1. The van der Waals surface area contributed by atoms with Crippen LogP contribution in [-0.4, -0.2) is 14.7 Å².